The minimum atomic E-state index is 0.197. The largest absolute Gasteiger partial charge is 0.324 e. The molecule has 2 rings (SSSR count). The summed E-state index contributed by atoms with van der Waals surface area (Å²) < 4.78 is 0. The third kappa shape index (κ3) is 4.30. The van der Waals surface area contributed by atoms with Crippen LogP contribution in [-0.2, 0) is 0 Å². The maximum absolute atomic E-state index is 6.22. The molecule has 2 N–H and O–H groups in total. The minimum Gasteiger partial charge on any atom is -0.324 e. The van der Waals surface area contributed by atoms with Gasteiger partial charge in [-0.1, -0.05) is 37.3 Å². The maximum Gasteiger partial charge on any atom is 0.0295 e. The lowest BCUT2D eigenvalue weighted by Crippen LogP contribution is -2.37. The summed E-state index contributed by atoms with van der Waals surface area (Å²) in [5.74, 6) is 1.28. The molecule has 1 aliphatic heterocycles. The summed E-state index contributed by atoms with van der Waals surface area (Å²) in [6.07, 6.45) is 2.29. The van der Waals surface area contributed by atoms with Gasteiger partial charge in [-0.15, -0.1) is 0 Å². The third-order valence-electron chi connectivity index (χ3n) is 3.54. The Morgan fingerprint density at radius 2 is 2.17 bits per heavy atom. The highest BCUT2D eigenvalue weighted by molar-refractivity contribution is 7.99. The first-order chi connectivity index (χ1) is 8.75. The highest BCUT2D eigenvalue weighted by Crippen LogP contribution is 2.19. The Morgan fingerprint density at radius 1 is 1.39 bits per heavy atom. The second-order valence-electron chi connectivity index (χ2n) is 5.14. The van der Waals surface area contributed by atoms with Crippen LogP contribution in [-0.4, -0.2) is 35.5 Å². The molecule has 1 aromatic carbocycles. The van der Waals surface area contributed by atoms with Crippen LogP contribution < -0.4 is 5.73 Å². The van der Waals surface area contributed by atoms with Crippen molar-refractivity contribution in [1.82, 2.24) is 4.90 Å². The number of benzene rings is 1. The Hall–Kier alpha value is -0.510. The van der Waals surface area contributed by atoms with Crippen LogP contribution in [0.2, 0.25) is 0 Å². The molecule has 0 aromatic heterocycles. The van der Waals surface area contributed by atoms with Crippen LogP contribution in [0.5, 0.6) is 0 Å². The predicted octanol–water partition coefficient (Wildman–Crippen LogP) is 2.90. The average molecular weight is 264 g/mol. The van der Waals surface area contributed by atoms with Crippen LogP contribution in [0, 0.1) is 0 Å². The number of rotatable bonds is 5. The zero-order valence-electron chi connectivity index (χ0n) is 11.2. The average Bonchev–Trinajstić information content (AvgIpc) is 2.40. The van der Waals surface area contributed by atoms with Crippen molar-refractivity contribution in [2.45, 2.75) is 31.1 Å². The van der Waals surface area contributed by atoms with Crippen LogP contribution in [0.3, 0.4) is 0 Å². The highest BCUT2D eigenvalue weighted by atomic mass is 32.2. The van der Waals surface area contributed by atoms with Crippen molar-refractivity contribution in [3.05, 3.63) is 35.9 Å². The molecule has 0 aliphatic carbocycles. The Labute approximate surface area is 115 Å². The molecule has 18 heavy (non-hydrogen) atoms. The number of nitrogens with two attached hydrogens (primary N) is 1. The van der Waals surface area contributed by atoms with E-state index in [0.717, 1.165) is 11.7 Å². The maximum atomic E-state index is 6.22. The quantitative estimate of drug-likeness (QED) is 0.886. The van der Waals surface area contributed by atoms with Gasteiger partial charge in [-0.3, -0.25) is 0 Å². The molecule has 0 spiro atoms. The summed E-state index contributed by atoms with van der Waals surface area (Å²) >= 11 is 2.09. The standard InChI is InChI=1S/C15H24N2S/c1-13-12-17(10-11-18-13)9-5-8-15(16)14-6-3-2-4-7-14/h2-4,6-7,13,15H,5,8-12,16H2,1H3. The van der Waals surface area contributed by atoms with E-state index in [-0.39, 0.29) is 6.04 Å². The molecule has 0 saturated carbocycles. The Balaban J connectivity index is 1.69. The van der Waals surface area contributed by atoms with E-state index in [4.69, 9.17) is 5.73 Å². The van der Waals surface area contributed by atoms with Gasteiger partial charge in [-0.05, 0) is 24.9 Å². The fourth-order valence-electron chi connectivity index (χ4n) is 2.50. The smallest absolute Gasteiger partial charge is 0.0295 e. The molecule has 100 valence electrons. The molecule has 1 fully saturated rings. The van der Waals surface area contributed by atoms with Crippen molar-refractivity contribution in [3.63, 3.8) is 0 Å². The van der Waals surface area contributed by atoms with Crippen LogP contribution in [0.15, 0.2) is 30.3 Å². The van der Waals surface area contributed by atoms with Crippen LogP contribution in [0.1, 0.15) is 31.4 Å². The molecular formula is C15H24N2S. The van der Waals surface area contributed by atoms with Crippen molar-refractivity contribution in [2.24, 2.45) is 5.73 Å². The van der Waals surface area contributed by atoms with Gasteiger partial charge in [-0.25, -0.2) is 0 Å². The van der Waals surface area contributed by atoms with E-state index in [0.29, 0.717) is 0 Å². The number of hydrogen-bond acceptors (Lipinski definition) is 3. The van der Waals surface area contributed by atoms with Crippen LogP contribution >= 0.6 is 11.8 Å². The van der Waals surface area contributed by atoms with Gasteiger partial charge in [0.2, 0.25) is 0 Å². The van der Waals surface area contributed by atoms with Crippen molar-refractivity contribution in [1.29, 1.82) is 0 Å². The van der Waals surface area contributed by atoms with E-state index in [1.807, 2.05) is 6.07 Å². The fourth-order valence-corrected chi connectivity index (χ4v) is 3.58. The van der Waals surface area contributed by atoms with Crippen molar-refractivity contribution in [3.8, 4) is 0 Å². The molecule has 2 nitrogen and oxygen atoms in total. The van der Waals surface area contributed by atoms with E-state index in [1.165, 1.54) is 37.4 Å². The van der Waals surface area contributed by atoms with Crippen LogP contribution in [0.4, 0.5) is 0 Å². The van der Waals surface area contributed by atoms with Crippen molar-refractivity contribution in [2.75, 3.05) is 25.4 Å². The molecule has 0 bridgehead atoms. The molecule has 1 aromatic rings. The zero-order chi connectivity index (χ0) is 12.8. The molecule has 1 saturated heterocycles. The Morgan fingerprint density at radius 3 is 2.89 bits per heavy atom. The fraction of sp³-hybridized carbons (Fsp3) is 0.600. The molecule has 1 aliphatic rings. The SMILES string of the molecule is CC1CN(CCCC(N)c2ccccc2)CCS1. The lowest BCUT2D eigenvalue weighted by atomic mass is 10.0. The van der Waals surface area contributed by atoms with Gasteiger partial charge in [0, 0.05) is 30.1 Å². The molecule has 2 atom stereocenters. The van der Waals surface area contributed by atoms with Gasteiger partial charge in [-0.2, -0.15) is 11.8 Å². The summed E-state index contributed by atoms with van der Waals surface area (Å²) in [6.45, 7) is 6.01. The second-order valence-corrected chi connectivity index (χ2v) is 6.69. The monoisotopic (exact) mass is 264 g/mol. The van der Waals surface area contributed by atoms with Gasteiger partial charge >= 0.3 is 0 Å². The van der Waals surface area contributed by atoms with E-state index in [1.54, 1.807) is 0 Å². The van der Waals surface area contributed by atoms with Gasteiger partial charge in [0.15, 0.2) is 0 Å². The van der Waals surface area contributed by atoms with Gasteiger partial charge in [0.25, 0.3) is 0 Å². The predicted molar refractivity (Wildman–Crippen MR) is 81.0 cm³/mol. The first-order valence-electron chi connectivity index (χ1n) is 6.90. The zero-order valence-corrected chi connectivity index (χ0v) is 12.0. The summed E-state index contributed by atoms with van der Waals surface area (Å²) in [4.78, 5) is 2.58. The topological polar surface area (TPSA) is 29.3 Å². The van der Waals surface area contributed by atoms with E-state index >= 15 is 0 Å². The first-order valence-corrected chi connectivity index (χ1v) is 7.95. The van der Waals surface area contributed by atoms with E-state index in [2.05, 4.69) is 47.9 Å². The highest BCUT2D eigenvalue weighted by Gasteiger charge is 2.16. The lowest BCUT2D eigenvalue weighted by Gasteiger charge is -2.30. The third-order valence-corrected chi connectivity index (χ3v) is 4.68. The normalized spacial score (nSPS) is 22.9. The molecular weight excluding hydrogens is 240 g/mol. The van der Waals surface area contributed by atoms with Gasteiger partial charge < -0.3 is 10.6 Å². The first kappa shape index (κ1) is 13.9. The molecule has 0 radical (unpaired) electrons. The van der Waals surface area contributed by atoms with Crippen LogP contribution in [0.25, 0.3) is 0 Å². The minimum absolute atomic E-state index is 0.197. The Bertz CT molecular complexity index is 342. The number of thioether (sulfide) groups is 1. The molecule has 2 unspecified atom stereocenters. The van der Waals surface area contributed by atoms with E-state index < -0.39 is 0 Å². The van der Waals surface area contributed by atoms with Crippen molar-refractivity contribution >= 4 is 11.8 Å². The summed E-state index contributed by atoms with van der Waals surface area (Å²) in [6, 6.07) is 10.6. The molecule has 3 heteroatoms. The Kier molecular flexibility index (Phi) is 5.54. The number of nitrogens with zero attached hydrogens (tertiary/aromatic N) is 1. The summed E-state index contributed by atoms with van der Waals surface area (Å²) in [5.41, 5.74) is 7.48. The lowest BCUT2D eigenvalue weighted by molar-refractivity contribution is 0.277. The summed E-state index contributed by atoms with van der Waals surface area (Å²) in [5, 5.41) is 0.793. The van der Waals surface area contributed by atoms with Gasteiger partial charge in [0.1, 0.15) is 0 Å². The van der Waals surface area contributed by atoms with E-state index in [9.17, 15) is 0 Å². The molecule has 1 heterocycles. The van der Waals surface area contributed by atoms with Crippen molar-refractivity contribution < 1.29 is 0 Å². The van der Waals surface area contributed by atoms with Gasteiger partial charge in [0.05, 0.1) is 0 Å². The summed E-state index contributed by atoms with van der Waals surface area (Å²) in [7, 11) is 0. The number of hydrogen-bond donors (Lipinski definition) is 1. The second kappa shape index (κ2) is 7.17. The molecule has 0 amide bonds.